The van der Waals surface area contributed by atoms with Crippen LogP contribution in [-0.2, 0) is 0 Å². The minimum Gasteiger partial charge on any atom is -0.269 e. The second-order valence-electron chi connectivity index (χ2n) is 6.11. The molecule has 3 N–H and O–H groups in total. The Kier molecular flexibility index (Phi) is 4.59. The molecule has 8 heteroatoms. The standard InChI is InChI=1S/C19H15Cl2N5O/c1-11-10-15(27)26-17(12-6-3-2-4-7-12)24-18(25-19(26)22-11)23-14-9-5-8-13(20)16(14)21/h2-10,17H,1H3,(H2,22,23,24,25)/p+1/t17-/m0/s1. The smallest absolute Gasteiger partial charge is 0.269 e. The zero-order valence-corrected chi connectivity index (χ0v) is 15.8. The Morgan fingerprint density at radius 2 is 1.93 bits per heavy atom. The average Bonchev–Trinajstić information content (AvgIpc) is 2.65. The van der Waals surface area contributed by atoms with E-state index < -0.39 is 6.17 Å². The molecule has 0 unspecified atom stereocenters. The van der Waals surface area contributed by atoms with Crippen molar-refractivity contribution in [3.8, 4) is 0 Å². The van der Waals surface area contributed by atoms with Crippen molar-refractivity contribution < 1.29 is 4.99 Å². The van der Waals surface area contributed by atoms with Gasteiger partial charge in [0, 0.05) is 17.3 Å². The Bertz CT molecular complexity index is 1090. The van der Waals surface area contributed by atoms with Crippen LogP contribution >= 0.6 is 23.2 Å². The lowest BCUT2D eigenvalue weighted by molar-refractivity contribution is -0.520. The molecule has 2 heterocycles. The summed E-state index contributed by atoms with van der Waals surface area (Å²) in [6.45, 7) is 1.78. The van der Waals surface area contributed by atoms with E-state index >= 15 is 0 Å². The van der Waals surface area contributed by atoms with Gasteiger partial charge in [-0.15, -0.1) is 0 Å². The summed E-state index contributed by atoms with van der Waals surface area (Å²) in [5.74, 6) is 0.985. The molecule has 2 aromatic carbocycles. The van der Waals surface area contributed by atoms with Gasteiger partial charge >= 0.3 is 5.96 Å². The lowest BCUT2D eigenvalue weighted by Gasteiger charge is -2.23. The number of aromatic nitrogens is 2. The third-order valence-corrected chi connectivity index (χ3v) is 5.00. The highest BCUT2D eigenvalue weighted by molar-refractivity contribution is 6.44. The molecule has 1 aromatic heterocycles. The highest BCUT2D eigenvalue weighted by Crippen LogP contribution is 2.29. The highest BCUT2D eigenvalue weighted by Gasteiger charge is 2.29. The van der Waals surface area contributed by atoms with E-state index in [9.17, 15) is 4.79 Å². The molecule has 1 atom stereocenters. The summed E-state index contributed by atoms with van der Waals surface area (Å²) in [6, 6.07) is 16.5. The molecule has 0 fully saturated rings. The van der Waals surface area contributed by atoms with E-state index in [1.165, 1.54) is 6.07 Å². The van der Waals surface area contributed by atoms with Crippen molar-refractivity contribution in [1.82, 2.24) is 9.55 Å². The number of hydrogen-bond donors (Lipinski definition) is 3. The van der Waals surface area contributed by atoms with Gasteiger partial charge in [0.1, 0.15) is 5.69 Å². The number of anilines is 2. The number of halogens is 2. The fourth-order valence-electron chi connectivity index (χ4n) is 2.96. The van der Waals surface area contributed by atoms with Crippen LogP contribution in [0, 0.1) is 6.92 Å². The molecule has 6 nitrogen and oxygen atoms in total. The molecule has 0 amide bonds. The first-order valence-corrected chi connectivity index (χ1v) is 9.05. The van der Waals surface area contributed by atoms with Crippen LogP contribution in [-0.4, -0.2) is 15.5 Å². The summed E-state index contributed by atoms with van der Waals surface area (Å²) in [4.78, 5) is 20.4. The monoisotopic (exact) mass is 400 g/mol. The molecule has 0 aliphatic carbocycles. The predicted molar refractivity (Wildman–Crippen MR) is 107 cm³/mol. The van der Waals surface area contributed by atoms with Gasteiger partial charge in [-0.1, -0.05) is 59.6 Å². The number of nitrogens with zero attached hydrogens (tertiary/aromatic N) is 2. The zero-order valence-electron chi connectivity index (χ0n) is 14.3. The third-order valence-electron chi connectivity index (χ3n) is 4.18. The zero-order chi connectivity index (χ0) is 19.0. The number of hydrogen-bond acceptors (Lipinski definition) is 4. The summed E-state index contributed by atoms with van der Waals surface area (Å²) >= 11 is 12.4. The quantitative estimate of drug-likeness (QED) is 0.617. The van der Waals surface area contributed by atoms with Gasteiger partial charge in [-0.05, 0) is 19.1 Å². The topological polar surface area (TPSA) is 72.9 Å². The fraction of sp³-hybridized carbons (Fsp3) is 0.105. The first-order valence-electron chi connectivity index (χ1n) is 8.29. The van der Waals surface area contributed by atoms with Crippen molar-refractivity contribution in [3.63, 3.8) is 0 Å². The highest BCUT2D eigenvalue weighted by atomic mass is 35.5. The number of rotatable bonds is 2. The van der Waals surface area contributed by atoms with Crippen molar-refractivity contribution in [3.05, 3.63) is 86.3 Å². The minimum absolute atomic E-state index is 0.147. The van der Waals surface area contributed by atoms with Crippen LogP contribution in [0.1, 0.15) is 17.4 Å². The predicted octanol–water partition coefficient (Wildman–Crippen LogP) is 2.38. The minimum atomic E-state index is -0.427. The Morgan fingerprint density at radius 1 is 1.15 bits per heavy atom. The Labute approximate surface area is 165 Å². The van der Waals surface area contributed by atoms with Crippen LogP contribution in [0.15, 0.2) is 59.4 Å². The van der Waals surface area contributed by atoms with Crippen molar-refractivity contribution in [1.29, 1.82) is 0 Å². The van der Waals surface area contributed by atoms with E-state index in [4.69, 9.17) is 23.2 Å². The van der Waals surface area contributed by atoms with Crippen molar-refractivity contribution in [2.24, 2.45) is 0 Å². The second kappa shape index (κ2) is 7.06. The van der Waals surface area contributed by atoms with Crippen molar-refractivity contribution >= 4 is 40.8 Å². The number of nitrogens with one attached hydrogen (secondary N) is 3. The van der Waals surface area contributed by atoms with Crippen LogP contribution in [0.2, 0.25) is 10.0 Å². The number of guanidine groups is 1. The molecular formula is C19H16Cl2N5O+. The molecule has 1 aliphatic rings. The molecule has 1 aliphatic heterocycles. The number of aryl methyl sites for hydroxylation is 1. The number of fused-ring (bicyclic) bond motifs is 1. The number of benzene rings is 2. The van der Waals surface area contributed by atoms with E-state index in [1.54, 1.807) is 23.6 Å². The lowest BCUT2D eigenvalue weighted by Crippen LogP contribution is -2.82. The molecule has 0 radical (unpaired) electrons. The molecule has 27 heavy (non-hydrogen) atoms. The van der Waals surface area contributed by atoms with E-state index in [-0.39, 0.29) is 5.56 Å². The average molecular weight is 401 g/mol. The first-order chi connectivity index (χ1) is 13.0. The van der Waals surface area contributed by atoms with Crippen LogP contribution in [0.5, 0.6) is 0 Å². The molecule has 3 aromatic rings. The van der Waals surface area contributed by atoms with Crippen molar-refractivity contribution in [2.75, 3.05) is 10.6 Å². The summed E-state index contributed by atoms with van der Waals surface area (Å²) in [5, 5.41) is 7.17. The molecule has 0 bridgehead atoms. The summed E-state index contributed by atoms with van der Waals surface area (Å²) in [5.41, 5.74) is 2.04. The lowest BCUT2D eigenvalue weighted by atomic mass is 10.1. The van der Waals surface area contributed by atoms with Crippen molar-refractivity contribution in [2.45, 2.75) is 13.1 Å². The molecule has 0 saturated heterocycles. The van der Waals surface area contributed by atoms with E-state index in [1.807, 2.05) is 36.4 Å². The van der Waals surface area contributed by atoms with Gasteiger partial charge in [0.15, 0.2) is 6.17 Å². The maximum Gasteiger partial charge on any atom is 0.357 e. The van der Waals surface area contributed by atoms with Crippen LogP contribution in [0.25, 0.3) is 0 Å². The normalized spacial score (nSPS) is 15.5. The summed E-state index contributed by atoms with van der Waals surface area (Å²) in [7, 11) is 0. The molecule has 136 valence electrons. The SMILES string of the molecule is Cc1cc(=O)n2c(n1)NC(Nc1cccc(Cl)c1Cl)=[NH+][C@@H]2c1ccccc1. The Balaban J connectivity index is 1.81. The second-order valence-corrected chi connectivity index (χ2v) is 6.90. The van der Waals surface area contributed by atoms with E-state index in [0.29, 0.717) is 33.3 Å². The van der Waals surface area contributed by atoms with Gasteiger partial charge in [0.25, 0.3) is 11.5 Å². The molecular weight excluding hydrogens is 385 g/mol. The van der Waals surface area contributed by atoms with E-state index in [2.05, 4.69) is 20.6 Å². The van der Waals surface area contributed by atoms with Gasteiger partial charge < -0.3 is 0 Å². The maximum absolute atomic E-state index is 12.6. The van der Waals surface area contributed by atoms with Crippen LogP contribution < -0.4 is 21.2 Å². The van der Waals surface area contributed by atoms with E-state index in [0.717, 1.165) is 5.56 Å². The fourth-order valence-corrected chi connectivity index (χ4v) is 3.31. The first kappa shape index (κ1) is 17.6. The largest absolute Gasteiger partial charge is 0.357 e. The maximum atomic E-state index is 12.6. The summed E-state index contributed by atoms with van der Waals surface area (Å²) in [6.07, 6.45) is -0.427. The molecule has 0 saturated carbocycles. The van der Waals surface area contributed by atoms with Gasteiger partial charge in [-0.2, -0.15) is 0 Å². The molecule has 0 spiro atoms. The Hall–Kier alpha value is -2.83. The Morgan fingerprint density at radius 3 is 2.70 bits per heavy atom. The van der Waals surface area contributed by atoms with Crippen LogP contribution in [0.3, 0.4) is 0 Å². The third kappa shape index (κ3) is 3.41. The summed E-state index contributed by atoms with van der Waals surface area (Å²) < 4.78 is 1.58. The van der Waals surface area contributed by atoms with Gasteiger partial charge in [0.05, 0.1) is 10.0 Å². The van der Waals surface area contributed by atoms with Crippen LogP contribution in [0.4, 0.5) is 11.6 Å². The van der Waals surface area contributed by atoms with Gasteiger partial charge in [-0.3, -0.25) is 9.79 Å². The van der Waals surface area contributed by atoms with Gasteiger partial charge in [0.2, 0.25) is 0 Å². The molecule has 4 rings (SSSR count). The van der Waals surface area contributed by atoms with Gasteiger partial charge in [-0.25, -0.2) is 20.2 Å².